The van der Waals surface area contributed by atoms with Crippen molar-refractivity contribution >= 4 is 24.5 Å². The summed E-state index contributed by atoms with van der Waals surface area (Å²) in [7, 11) is -5.81. The Labute approximate surface area is 189 Å². The van der Waals surface area contributed by atoms with Crippen molar-refractivity contribution in [1.29, 1.82) is 0 Å². The molecule has 0 radical (unpaired) electrons. The van der Waals surface area contributed by atoms with Crippen molar-refractivity contribution in [2.75, 3.05) is 6.61 Å². The number of hydrogen-bond donors (Lipinski definition) is 0. The summed E-state index contributed by atoms with van der Waals surface area (Å²) in [5.74, 6) is 0.877. The number of benzene rings is 2. The molecule has 0 aromatic heterocycles. The maximum Gasteiger partial charge on any atom is 0.296 e. The van der Waals surface area contributed by atoms with E-state index in [0.717, 1.165) is 16.9 Å². The third-order valence-electron chi connectivity index (χ3n) is 6.16. The zero-order valence-electron chi connectivity index (χ0n) is 19.9. The van der Waals surface area contributed by atoms with Crippen LogP contribution in [0.3, 0.4) is 0 Å². The van der Waals surface area contributed by atoms with E-state index in [1.54, 1.807) is 30.3 Å². The lowest BCUT2D eigenvalue weighted by Crippen LogP contribution is -2.44. The van der Waals surface area contributed by atoms with E-state index in [1.165, 1.54) is 0 Å². The summed E-state index contributed by atoms with van der Waals surface area (Å²) < 4.78 is 37.1. The highest BCUT2D eigenvalue weighted by atomic mass is 32.2. The van der Waals surface area contributed by atoms with Gasteiger partial charge in [-0.1, -0.05) is 77.6 Å². The molecular formula is C25H36O4SSi. The van der Waals surface area contributed by atoms with Crippen LogP contribution in [0.15, 0.2) is 60.0 Å². The van der Waals surface area contributed by atoms with Gasteiger partial charge in [0.05, 0.1) is 11.5 Å². The fourth-order valence-corrected chi connectivity index (χ4v) is 4.86. The molecule has 170 valence electrons. The van der Waals surface area contributed by atoms with Crippen LogP contribution >= 0.6 is 0 Å². The van der Waals surface area contributed by atoms with E-state index in [9.17, 15) is 8.42 Å². The van der Waals surface area contributed by atoms with Gasteiger partial charge in [-0.3, -0.25) is 4.18 Å². The summed E-state index contributed by atoms with van der Waals surface area (Å²) in [5, 5.41) is 0.0859. The molecule has 4 nitrogen and oxygen atoms in total. The molecule has 2 aromatic rings. The van der Waals surface area contributed by atoms with E-state index in [0.29, 0.717) is 6.42 Å². The van der Waals surface area contributed by atoms with Crippen molar-refractivity contribution in [1.82, 2.24) is 0 Å². The summed E-state index contributed by atoms with van der Waals surface area (Å²) >= 11 is 0. The average Bonchev–Trinajstić information content (AvgIpc) is 2.67. The van der Waals surface area contributed by atoms with E-state index in [1.807, 2.05) is 18.2 Å². The molecule has 0 heterocycles. The second kappa shape index (κ2) is 9.31. The van der Waals surface area contributed by atoms with Crippen LogP contribution in [0, 0.1) is 0 Å². The average molecular weight is 461 g/mol. The Balaban J connectivity index is 2.15. The minimum absolute atomic E-state index is 0.0859. The van der Waals surface area contributed by atoms with E-state index in [4.69, 9.17) is 8.61 Å². The smallest absolute Gasteiger partial charge is 0.296 e. The topological polar surface area (TPSA) is 52.6 Å². The van der Waals surface area contributed by atoms with Gasteiger partial charge in [0.15, 0.2) is 0 Å². The SMILES string of the molecule is C=Cc1ccc(S(=O)(=O)OCCC(C)(C)c2ccccc2O[Si](C)(C)C(C)(C)C)cc1. The predicted molar refractivity (Wildman–Crippen MR) is 132 cm³/mol. The summed E-state index contributed by atoms with van der Waals surface area (Å²) in [6, 6.07) is 14.6. The van der Waals surface area contributed by atoms with E-state index in [2.05, 4.69) is 60.4 Å². The number of para-hydroxylation sites is 1. The van der Waals surface area contributed by atoms with Crippen LogP contribution in [0.4, 0.5) is 0 Å². The van der Waals surface area contributed by atoms with Gasteiger partial charge >= 0.3 is 0 Å². The summed E-state index contributed by atoms with van der Waals surface area (Å²) in [6.45, 7) is 19.1. The van der Waals surface area contributed by atoms with Gasteiger partial charge in [0.1, 0.15) is 5.75 Å². The van der Waals surface area contributed by atoms with Gasteiger partial charge in [-0.05, 0) is 59.3 Å². The van der Waals surface area contributed by atoms with Gasteiger partial charge in [-0.25, -0.2) is 0 Å². The van der Waals surface area contributed by atoms with Gasteiger partial charge in [-0.15, -0.1) is 0 Å². The summed E-state index contributed by atoms with van der Waals surface area (Å²) in [6.07, 6.45) is 2.21. The van der Waals surface area contributed by atoms with Gasteiger partial charge < -0.3 is 4.43 Å². The molecule has 0 atom stereocenters. The minimum Gasteiger partial charge on any atom is -0.543 e. The highest BCUT2D eigenvalue weighted by Gasteiger charge is 2.40. The second-order valence-electron chi connectivity index (χ2n) is 10.0. The van der Waals surface area contributed by atoms with Crippen LogP contribution in [0.1, 0.15) is 52.2 Å². The molecular weight excluding hydrogens is 424 g/mol. The Kier molecular flexibility index (Phi) is 7.62. The molecule has 2 rings (SSSR count). The molecule has 31 heavy (non-hydrogen) atoms. The largest absolute Gasteiger partial charge is 0.543 e. The van der Waals surface area contributed by atoms with Crippen molar-refractivity contribution in [2.45, 2.75) is 69.5 Å². The summed E-state index contributed by atoms with van der Waals surface area (Å²) in [4.78, 5) is 0.151. The Bertz CT molecular complexity index is 1000. The standard InChI is InChI=1S/C25H36O4SSi/c1-9-20-14-16-21(17-15-20)30(26,27)28-19-18-25(5,6)22-12-10-11-13-23(22)29-31(7,8)24(2,3)4/h9-17H,1,18-19H2,2-8H3. The lowest BCUT2D eigenvalue weighted by Gasteiger charge is -2.38. The van der Waals surface area contributed by atoms with Crippen LogP contribution in [-0.4, -0.2) is 23.3 Å². The van der Waals surface area contributed by atoms with Crippen molar-refractivity contribution < 1.29 is 17.0 Å². The van der Waals surface area contributed by atoms with Gasteiger partial charge in [0.25, 0.3) is 10.1 Å². The van der Waals surface area contributed by atoms with E-state index in [-0.39, 0.29) is 22.0 Å². The Morgan fingerprint density at radius 2 is 1.55 bits per heavy atom. The first-order chi connectivity index (χ1) is 14.2. The van der Waals surface area contributed by atoms with Crippen LogP contribution in [0.5, 0.6) is 5.75 Å². The van der Waals surface area contributed by atoms with Crippen molar-refractivity contribution in [3.8, 4) is 5.75 Å². The van der Waals surface area contributed by atoms with E-state index < -0.39 is 18.4 Å². The van der Waals surface area contributed by atoms with Crippen LogP contribution in [-0.2, 0) is 19.7 Å². The zero-order chi connectivity index (χ0) is 23.5. The third kappa shape index (κ3) is 6.31. The first-order valence-corrected chi connectivity index (χ1v) is 14.9. The molecule has 0 unspecified atom stereocenters. The van der Waals surface area contributed by atoms with Crippen LogP contribution in [0.25, 0.3) is 6.08 Å². The zero-order valence-corrected chi connectivity index (χ0v) is 21.7. The normalized spacial score (nSPS) is 13.1. The molecule has 0 fully saturated rings. The molecule has 0 spiro atoms. The lowest BCUT2D eigenvalue weighted by molar-refractivity contribution is 0.275. The van der Waals surface area contributed by atoms with Gasteiger partial charge in [-0.2, -0.15) is 8.42 Å². The quantitative estimate of drug-likeness (QED) is 0.305. The van der Waals surface area contributed by atoms with Crippen molar-refractivity contribution in [2.24, 2.45) is 0 Å². The molecule has 0 amide bonds. The molecule has 6 heteroatoms. The molecule has 2 aromatic carbocycles. The van der Waals surface area contributed by atoms with E-state index >= 15 is 0 Å². The summed E-state index contributed by atoms with van der Waals surface area (Å²) in [5.41, 5.74) is 1.61. The first kappa shape index (κ1) is 25.4. The molecule has 0 aliphatic carbocycles. The molecule has 0 saturated carbocycles. The van der Waals surface area contributed by atoms with Crippen LogP contribution < -0.4 is 4.43 Å². The maximum absolute atomic E-state index is 12.6. The Morgan fingerprint density at radius 3 is 2.10 bits per heavy atom. The number of rotatable bonds is 9. The highest BCUT2D eigenvalue weighted by molar-refractivity contribution is 7.86. The fraction of sp³-hybridized carbons (Fsp3) is 0.440. The van der Waals surface area contributed by atoms with Gasteiger partial charge in [0, 0.05) is 0 Å². The highest BCUT2D eigenvalue weighted by Crippen LogP contribution is 2.41. The minimum atomic E-state index is -3.81. The fourth-order valence-electron chi connectivity index (χ4n) is 2.92. The molecule has 0 saturated heterocycles. The third-order valence-corrected chi connectivity index (χ3v) is 11.8. The predicted octanol–water partition coefficient (Wildman–Crippen LogP) is 6.79. The van der Waals surface area contributed by atoms with Gasteiger partial charge in [0.2, 0.25) is 8.32 Å². The van der Waals surface area contributed by atoms with Crippen LogP contribution in [0.2, 0.25) is 18.1 Å². The molecule has 0 aliphatic rings. The van der Waals surface area contributed by atoms with Crippen molar-refractivity contribution in [3.63, 3.8) is 0 Å². The molecule has 0 aliphatic heterocycles. The lowest BCUT2D eigenvalue weighted by atomic mass is 9.81. The first-order valence-electron chi connectivity index (χ1n) is 10.6. The maximum atomic E-state index is 12.6. The second-order valence-corrected chi connectivity index (χ2v) is 16.4. The molecule has 0 bridgehead atoms. The molecule has 0 N–H and O–H groups in total. The Hall–Kier alpha value is -1.89. The monoisotopic (exact) mass is 460 g/mol. The van der Waals surface area contributed by atoms with Crippen molar-refractivity contribution in [3.05, 3.63) is 66.2 Å². The number of hydrogen-bond acceptors (Lipinski definition) is 4. The Morgan fingerprint density at radius 1 is 0.968 bits per heavy atom.